The zero-order chi connectivity index (χ0) is 13.7. The highest BCUT2D eigenvalue weighted by molar-refractivity contribution is 5.77. The zero-order valence-corrected chi connectivity index (χ0v) is 10.8. The summed E-state index contributed by atoms with van der Waals surface area (Å²) >= 11 is 0. The van der Waals surface area contributed by atoms with Crippen LogP contribution >= 0.6 is 0 Å². The van der Waals surface area contributed by atoms with E-state index in [2.05, 4.69) is 5.32 Å². The van der Waals surface area contributed by atoms with Crippen molar-refractivity contribution in [2.45, 2.75) is 6.04 Å². The molecule has 1 aromatic carbocycles. The van der Waals surface area contributed by atoms with Crippen LogP contribution in [0.3, 0.4) is 0 Å². The molecule has 0 amide bonds. The van der Waals surface area contributed by atoms with Crippen molar-refractivity contribution in [3.63, 3.8) is 0 Å². The van der Waals surface area contributed by atoms with Gasteiger partial charge in [-0.3, -0.25) is 4.79 Å². The Hall–Kier alpha value is -1.95. The van der Waals surface area contributed by atoms with Gasteiger partial charge < -0.3 is 24.6 Å². The Morgan fingerprint density at radius 3 is 2.00 bits per heavy atom. The average molecular weight is 255 g/mol. The SMILES string of the molecule is CNC(C(=O)O)c1cc(OC)c(OC)cc1OC. The van der Waals surface area contributed by atoms with E-state index in [1.165, 1.54) is 21.3 Å². The number of nitrogens with one attached hydrogen (secondary N) is 1. The molecule has 0 saturated carbocycles. The van der Waals surface area contributed by atoms with Crippen molar-refractivity contribution in [3.05, 3.63) is 17.7 Å². The lowest BCUT2D eigenvalue weighted by Crippen LogP contribution is -2.25. The van der Waals surface area contributed by atoms with Crippen molar-refractivity contribution in [2.24, 2.45) is 0 Å². The van der Waals surface area contributed by atoms with Gasteiger partial charge in [0.25, 0.3) is 0 Å². The van der Waals surface area contributed by atoms with Crippen LogP contribution in [-0.2, 0) is 4.79 Å². The third-order valence-corrected chi connectivity index (χ3v) is 2.58. The molecule has 0 aliphatic carbocycles. The van der Waals surface area contributed by atoms with Crippen molar-refractivity contribution in [3.8, 4) is 17.2 Å². The Morgan fingerprint density at radius 2 is 1.61 bits per heavy atom. The summed E-state index contributed by atoms with van der Waals surface area (Å²) in [6.07, 6.45) is 0. The minimum Gasteiger partial charge on any atom is -0.496 e. The second-order valence-electron chi connectivity index (χ2n) is 3.51. The summed E-state index contributed by atoms with van der Waals surface area (Å²) in [7, 11) is 6.03. The number of aliphatic carboxylic acids is 1. The van der Waals surface area contributed by atoms with Crippen LogP contribution in [0, 0.1) is 0 Å². The molecule has 6 nitrogen and oxygen atoms in total. The van der Waals surface area contributed by atoms with E-state index >= 15 is 0 Å². The standard InChI is InChI=1S/C12H17NO5/c1-13-11(12(14)15)7-5-9(17-3)10(18-4)6-8(7)16-2/h5-6,11,13H,1-4H3,(H,14,15). The number of carbonyl (C=O) groups is 1. The van der Waals surface area contributed by atoms with Gasteiger partial charge in [-0.05, 0) is 13.1 Å². The van der Waals surface area contributed by atoms with E-state index in [0.717, 1.165) is 0 Å². The van der Waals surface area contributed by atoms with Gasteiger partial charge >= 0.3 is 5.97 Å². The third-order valence-electron chi connectivity index (χ3n) is 2.58. The number of methoxy groups -OCH3 is 3. The lowest BCUT2D eigenvalue weighted by Gasteiger charge is -2.18. The van der Waals surface area contributed by atoms with Gasteiger partial charge in [0.2, 0.25) is 0 Å². The zero-order valence-electron chi connectivity index (χ0n) is 10.8. The number of hydrogen-bond acceptors (Lipinski definition) is 5. The molecule has 0 bridgehead atoms. The molecule has 0 aromatic heterocycles. The Morgan fingerprint density at radius 1 is 1.11 bits per heavy atom. The van der Waals surface area contributed by atoms with Crippen molar-refractivity contribution in [2.75, 3.05) is 28.4 Å². The van der Waals surface area contributed by atoms with E-state index in [4.69, 9.17) is 19.3 Å². The molecule has 0 aliphatic heterocycles. The van der Waals surface area contributed by atoms with Gasteiger partial charge in [0.15, 0.2) is 11.5 Å². The number of ether oxygens (including phenoxy) is 3. The third kappa shape index (κ3) is 2.65. The summed E-state index contributed by atoms with van der Waals surface area (Å²) in [6.45, 7) is 0. The smallest absolute Gasteiger partial charge is 0.325 e. The quantitative estimate of drug-likeness (QED) is 0.791. The highest BCUT2D eigenvalue weighted by Crippen LogP contribution is 2.37. The fraction of sp³-hybridized carbons (Fsp3) is 0.417. The molecule has 100 valence electrons. The van der Waals surface area contributed by atoms with Crippen LogP contribution in [0.2, 0.25) is 0 Å². The lowest BCUT2D eigenvalue weighted by atomic mass is 10.0. The van der Waals surface area contributed by atoms with Crippen LogP contribution in [0.5, 0.6) is 17.2 Å². The molecule has 0 aliphatic rings. The van der Waals surface area contributed by atoms with Crippen LogP contribution in [0.4, 0.5) is 0 Å². The second-order valence-corrected chi connectivity index (χ2v) is 3.51. The normalized spacial score (nSPS) is 11.8. The molecule has 1 atom stereocenters. The van der Waals surface area contributed by atoms with Gasteiger partial charge in [0.1, 0.15) is 11.8 Å². The van der Waals surface area contributed by atoms with Crippen molar-refractivity contribution in [1.82, 2.24) is 5.32 Å². The fourth-order valence-corrected chi connectivity index (χ4v) is 1.69. The maximum atomic E-state index is 11.2. The second kappa shape index (κ2) is 6.11. The maximum Gasteiger partial charge on any atom is 0.325 e. The number of rotatable bonds is 6. The Labute approximate surface area is 105 Å². The first-order valence-corrected chi connectivity index (χ1v) is 5.29. The summed E-state index contributed by atoms with van der Waals surface area (Å²) < 4.78 is 15.5. The van der Waals surface area contributed by atoms with E-state index in [0.29, 0.717) is 22.8 Å². The van der Waals surface area contributed by atoms with Gasteiger partial charge in [-0.1, -0.05) is 0 Å². The molecule has 0 fully saturated rings. The predicted octanol–water partition coefficient (Wildman–Crippen LogP) is 1.06. The van der Waals surface area contributed by atoms with Gasteiger partial charge in [-0.2, -0.15) is 0 Å². The molecular formula is C12H17NO5. The van der Waals surface area contributed by atoms with Crippen LogP contribution in [0.15, 0.2) is 12.1 Å². The molecule has 0 saturated heterocycles. The maximum absolute atomic E-state index is 11.2. The van der Waals surface area contributed by atoms with E-state index < -0.39 is 12.0 Å². The van der Waals surface area contributed by atoms with Crippen molar-refractivity contribution in [1.29, 1.82) is 0 Å². The largest absolute Gasteiger partial charge is 0.496 e. The minimum atomic E-state index is -0.997. The molecule has 18 heavy (non-hydrogen) atoms. The van der Waals surface area contributed by atoms with Gasteiger partial charge in [0.05, 0.1) is 21.3 Å². The molecule has 0 spiro atoms. The summed E-state index contributed by atoms with van der Waals surface area (Å²) in [5.74, 6) is 0.366. The summed E-state index contributed by atoms with van der Waals surface area (Å²) in [5.41, 5.74) is 0.477. The topological polar surface area (TPSA) is 77.0 Å². The van der Waals surface area contributed by atoms with E-state index in [-0.39, 0.29) is 0 Å². The van der Waals surface area contributed by atoms with Crippen molar-refractivity contribution < 1.29 is 24.1 Å². The van der Waals surface area contributed by atoms with Crippen LogP contribution in [-0.4, -0.2) is 39.5 Å². The van der Waals surface area contributed by atoms with E-state index in [9.17, 15) is 4.79 Å². The number of carboxylic acid groups (broad SMARTS) is 1. The first-order chi connectivity index (χ1) is 8.58. The molecule has 0 radical (unpaired) electrons. The van der Waals surface area contributed by atoms with Gasteiger partial charge in [0, 0.05) is 11.6 Å². The first kappa shape index (κ1) is 14.1. The van der Waals surface area contributed by atoms with Crippen molar-refractivity contribution >= 4 is 5.97 Å². The van der Waals surface area contributed by atoms with E-state index in [1.54, 1.807) is 19.2 Å². The van der Waals surface area contributed by atoms with Crippen LogP contribution in [0.1, 0.15) is 11.6 Å². The molecule has 1 aromatic rings. The number of likely N-dealkylation sites (N-methyl/N-ethyl adjacent to an activating group) is 1. The summed E-state index contributed by atoms with van der Waals surface area (Å²) in [4.78, 5) is 11.2. The van der Waals surface area contributed by atoms with Crippen LogP contribution < -0.4 is 19.5 Å². The first-order valence-electron chi connectivity index (χ1n) is 5.29. The summed E-state index contributed by atoms with van der Waals surface area (Å²) in [6, 6.07) is 2.31. The van der Waals surface area contributed by atoms with Gasteiger partial charge in [-0.15, -0.1) is 0 Å². The summed E-state index contributed by atoms with van der Waals surface area (Å²) in [5, 5.41) is 11.9. The molecule has 6 heteroatoms. The number of hydrogen-bond donors (Lipinski definition) is 2. The highest BCUT2D eigenvalue weighted by Gasteiger charge is 2.24. The number of carboxylic acids is 1. The van der Waals surface area contributed by atoms with Gasteiger partial charge in [-0.25, -0.2) is 0 Å². The average Bonchev–Trinajstić information content (AvgIpc) is 2.38. The molecule has 2 N–H and O–H groups in total. The van der Waals surface area contributed by atoms with Crippen LogP contribution in [0.25, 0.3) is 0 Å². The molecular weight excluding hydrogens is 238 g/mol. The Kier molecular flexibility index (Phi) is 4.79. The minimum absolute atomic E-state index is 0.425. The Bertz CT molecular complexity index is 433. The highest BCUT2D eigenvalue weighted by atomic mass is 16.5. The molecule has 1 unspecified atom stereocenters. The molecule has 1 rings (SSSR count). The molecule has 0 heterocycles. The Balaban J connectivity index is 3.36. The fourth-order valence-electron chi connectivity index (χ4n) is 1.69. The number of benzene rings is 1. The monoisotopic (exact) mass is 255 g/mol. The predicted molar refractivity (Wildman–Crippen MR) is 65.5 cm³/mol. The van der Waals surface area contributed by atoms with E-state index in [1.807, 2.05) is 0 Å². The lowest BCUT2D eigenvalue weighted by molar-refractivity contribution is -0.139.